The zero-order valence-electron chi connectivity index (χ0n) is 42.3. The Bertz CT molecular complexity index is 2210. The first-order chi connectivity index (χ1) is 38.7. The Morgan fingerprint density at radius 1 is 0.381 bits per heavy atom. The van der Waals surface area contributed by atoms with Gasteiger partial charge in [0.05, 0.1) is 39.6 Å². The zero-order valence-corrected chi connectivity index (χ0v) is 45.8. The second kappa shape index (κ2) is 37.4. The van der Waals surface area contributed by atoms with E-state index in [0.29, 0.717) is 0 Å². The van der Waals surface area contributed by atoms with Crippen molar-refractivity contribution >= 4 is 68.2 Å². The van der Waals surface area contributed by atoms with Gasteiger partial charge < -0.3 is 146 Å². The molecule has 25 N–H and O–H groups in total. The van der Waals surface area contributed by atoms with Gasteiger partial charge in [0, 0.05) is 0 Å². The fourth-order valence-electron chi connectivity index (χ4n) is 5.80. The van der Waals surface area contributed by atoms with Crippen molar-refractivity contribution in [1.29, 1.82) is 0 Å². The maximum absolute atomic E-state index is 14.9. The predicted octanol–water partition coefficient (Wildman–Crippen LogP) is -15.3. The van der Waals surface area contributed by atoms with Crippen LogP contribution in [0.1, 0.15) is 0 Å². The third-order valence-corrected chi connectivity index (χ3v) is 15.0. The van der Waals surface area contributed by atoms with E-state index in [4.69, 9.17) is 28.3 Å². The topological polar surface area (TPSA) is 760 Å². The highest BCUT2D eigenvalue weighted by Gasteiger charge is 2.53. The van der Waals surface area contributed by atoms with Gasteiger partial charge in [0.25, 0.3) is 0 Å². The quantitative estimate of drug-likeness (QED) is 0.0199. The van der Waals surface area contributed by atoms with Crippen molar-refractivity contribution in [2.75, 3.05) is 46.2 Å². The summed E-state index contributed by atoms with van der Waals surface area (Å²) in [6.07, 6.45) is -70.2. The summed E-state index contributed by atoms with van der Waals surface area (Å²) in [5.74, 6) is -4.26. The molecular formula is C36H66O44P4. The van der Waals surface area contributed by atoms with Gasteiger partial charge in [0.2, 0.25) is 0 Å². The SMILES string of the molecule is O=C[C@@H](O)[C@@H](O)[C@H](O)[C@H](O)COP(=O)(O[C@@H]([C@H](OP(=O)(O)OC[C@@H](O)[C@@H](O)[C@H](O)C(=O)CO)[C@H](C=O)OP(=O)(O)OC[C@@H](O)[C@@H](O)[C@H](O)[C@@H](O)C=O)[C@@H](CO)OP(=O)(O)OC(=O)[C@@H](O)[C@@H](O)[C@H](O)[C@H](O)CO)O[C@H](C=O)[C@@H](O)[C@H](O)[C@H](O)CO. The Hall–Kier alpha value is -2.58. The van der Waals surface area contributed by atoms with E-state index < -0.39 is 255 Å². The highest BCUT2D eigenvalue weighted by molar-refractivity contribution is 7.49. The van der Waals surface area contributed by atoms with Crippen LogP contribution in [0.4, 0.5) is 0 Å². The van der Waals surface area contributed by atoms with Gasteiger partial charge in [-0.25, -0.2) is 23.1 Å². The Balaban J connectivity index is 8.75. The van der Waals surface area contributed by atoms with E-state index in [0.717, 1.165) is 0 Å². The van der Waals surface area contributed by atoms with Crippen molar-refractivity contribution in [3.8, 4) is 0 Å². The molecule has 0 aliphatic rings. The molecule has 0 saturated heterocycles. The Morgan fingerprint density at radius 2 is 0.786 bits per heavy atom. The van der Waals surface area contributed by atoms with E-state index in [2.05, 4.69) is 22.6 Å². The standard InChI is InChI=1S/C36H66O44P4/c37-1-12(45)23(53)28(58)17(50)9-72-81(65,66)75-21(7-43)34(78-82(67,68)73-10-18(51)29(59)24(54)13(46)2-38)35(22(8-44)76-83(69,70)80-36(64)33(63)32(62)27(57)16(49)5-41)79-84(71,74-11-19(52)30(60)25(55)14(47)3-39)77-20(6-42)31(61)26(56)15(48)4-40/h1,3,6-7,12,14-35,38,40-41,44-45,47-63H,2,4-5,8-11H2,(H,65,66)(H,67,68)(H,69,70)/t12-,14+,15+,16+,17+,18+,19+,20+,21-,22+,23+,24+,25+,26+,27+,28+,29+,30+,31+,32-,33-,34+,35+,84?/m0/s1. The van der Waals surface area contributed by atoms with Gasteiger partial charge in [-0.2, -0.15) is 0 Å². The lowest BCUT2D eigenvalue weighted by molar-refractivity contribution is -0.164. The molecule has 0 amide bonds. The van der Waals surface area contributed by atoms with Crippen molar-refractivity contribution in [2.24, 2.45) is 0 Å². The molecule has 84 heavy (non-hydrogen) atoms. The Kier molecular flexibility index (Phi) is 36.3. The number of Topliss-reactive ketones (excluding diaryl/α,β-unsaturated/α-hetero) is 1. The minimum Gasteiger partial charge on any atom is -0.394 e. The molecule has 0 aliphatic carbocycles. The number of aliphatic hydroxyl groups is 22. The van der Waals surface area contributed by atoms with Crippen LogP contribution in [0.2, 0.25) is 0 Å². The number of aldehydes is 4. The van der Waals surface area contributed by atoms with Gasteiger partial charge in [-0.3, -0.25) is 45.9 Å². The van der Waals surface area contributed by atoms with Crippen LogP contribution in [0.3, 0.4) is 0 Å². The summed E-state index contributed by atoms with van der Waals surface area (Å²) in [5, 5.41) is 220. The van der Waals surface area contributed by atoms with Crippen LogP contribution >= 0.6 is 31.3 Å². The van der Waals surface area contributed by atoms with Crippen molar-refractivity contribution in [3.63, 3.8) is 0 Å². The number of aliphatic hydroxyl groups excluding tert-OH is 22. The molecule has 4 unspecified atom stereocenters. The second-order valence-corrected chi connectivity index (χ2v) is 22.6. The van der Waals surface area contributed by atoms with Gasteiger partial charge in [-0.15, -0.1) is 0 Å². The van der Waals surface area contributed by atoms with E-state index in [1.807, 2.05) is 0 Å². The maximum Gasteiger partial charge on any atom is 0.530 e. The molecule has 0 rings (SSSR count). The summed E-state index contributed by atoms with van der Waals surface area (Å²) in [6, 6.07) is 0. The lowest BCUT2D eigenvalue weighted by Crippen LogP contribution is -2.51. The highest BCUT2D eigenvalue weighted by Crippen LogP contribution is 2.57. The number of phosphoric ester groups is 4. The summed E-state index contributed by atoms with van der Waals surface area (Å²) >= 11 is 0. The van der Waals surface area contributed by atoms with Crippen LogP contribution in [-0.2, 0) is 87.7 Å². The van der Waals surface area contributed by atoms with Gasteiger partial charge >= 0.3 is 37.3 Å². The van der Waals surface area contributed by atoms with E-state index in [-0.39, 0.29) is 0 Å². The van der Waals surface area contributed by atoms with Crippen LogP contribution in [0.25, 0.3) is 0 Å². The predicted molar refractivity (Wildman–Crippen MR) is 251 cm³/mol. The minimum absolute atomic E-state index is 0.392. The molecular weight excluding hydrogens is 1260 g/mol. The van der Waals surface area contributed by atoms with Crippen LogP contribution in [0.5, 0.6) is 0 Å². The molecule has 0 radical (unpaired) electrons. The molecule has 0 spiro atoms. The second-order valence-electron chi connectivity index (χ2n) is 16.9. The van der Waals surface area contributed by atoms with Gasteiger partial charge in [0.15, 0.2) is 49.2 Å². The molecule has 0 aromatic rings. The number of carbonyl (C=O) groups is 6. The third kappa shape index (κ3) is 25.9. The number of hydrogen-bond donors (Lipinski definition) is 25. The van der Waals surface area contributed by atoms with Crippen LogP contribution in [0.15, 0.2) is 0 Å². The van der Waals surface area contributed by atoms with Crippen molar-refractivity contribution in [2.45, 2.75) is 140 Å². The summed E-state index contributed by atoms with van der Waals surface area (Å²) < 4.78 is 97.1. The van der Waals surface area contributed by atoms with Gasteiger partial charge in [0.1, 0.15) is 129 Å². The summed E-state index contributed by atoms with van der Waals surface area (Å²) in [4.78, 5) is 104. The van der Waals surface area contributed by atoms with E-state index in [1.54, 1.807) is 0 Å². The fraction of sp³-hybridized carbons (Fsp3) is 0.833. The molecule has 0 fully saturated rings. The molecule has 0 bridgehead atoms. The number of phosphoric acid groups is 4. The maximum atomic E-state index is 14.9. The smallest absolute Gasteiger partial charge is 0.394 e. The molecule has 0 aromatic heterocycles. The molecule has 0 heterocycles. The number of carbonyl (C=O) groups excluding carboxylic acids is 6. The van der Waals surface area contributed by atoms with Gasteiger partial charge in [-0.05, 0) is 0 Å². The average molecular weight is 1330 g/mol. The lowest BCUT2D eigenvalue weighted by atomic mass is 10.0. The van der Waals surface area contributed by atoms with Crippen molar-refractivity contribution in [3.05, 3.63) is 0 Å². The Labute approximate surface area is 469 Å². The summed E-state index contributed by atoms with van der Waals surface area (Å²) in [5.41, 5.74) is 0. The lowest BCUT2D eigenvalue weighted by Gasteiger charge is -2.37. The largest absolute Gasteiger partial charge is 0.530 e. The number of ketones is 1. The van der Waals surface area contributed by atoms with Crippen LogP contribution < -0.4 is 0 Å². The molecule has 27 atom stereocenters. The molecule has 44 nitrogen and oxygen atoms in total. The number of hydrogen-bond acceptors (Lipinski definition) is 41. The van der Waals surface area contributed by atoms with Gasteiger partial charge in [-0.1, -0.05) is 0 Å². The normalized spacial score (nSPS) is 23.5. The summed E-state index contributed by atoms with van der Waals surface area (Å²) in [7, 11) is -26.8. The van der Waals surface area contributed by atoms with Crippen LogP contribution in [-0.4, -0.2) is 351 Å². The first kappa shape index (κ1) is 81.4. The minimum atomic E-state index is -6.85. The first-order valence-corrected chi connectivity index (χ1v) is 28.8. The highest BCUT2D eigenvalue weighted by atomic mass is 31.2. The number of rotatable bonds is 47. The third-order valence-electron chi connectivity index (χ3n) is 10.6. The van der Waals surface area contributed by atoms with Crippen molar-refractivity contribution < 1.29 is 215 Å². The molecule has 0 aromatic carbocycles. The Morgan fingerprint density at radius 3 is 1.19 bits per heavy atom. The van der Waals surface area contributed by atoms with E-state index in [9.17, 15) is 164 Å². The van der Waals surface area contributed by atoms with E-state index >= 15 is 0 Å². The monoisotopic (exact) mass is 1330 g/mol. The fourth-order valence-corrected chi connectivity index (χ4v) is 10.1. The first-order valence-electron chi connectivity index (χ1n) is 22.9. The average Bonchev–Trinajstić information content (AvgIpc) is 3.28. The molecule has 0 saturated carbocycles. The van der Waals surface area contributed by atoms with Crippen LogP contribution in [0, 0.1) is 0 Å². The van der Waals surface area contributed by atoms with E-state index in [1.165, 1.54) is 0 Å². The zero-order chi connectivity index (χ0) is 65.6. The molecule has 48 heteroatoms. The summed E-state index contributed by atoms with van der Waals surface area (Å²) in [6.45, 7) is -12.5. The van der Waals surface area contributed by atoms with Crippen molar-refractivity contribution in [1.82, 2.24) is 0 Å². The molecule has 494 valence electrons. The molecule has 0 aliphatic heterocycles.